The van der Waals surface area contributed by atoms with E-state index in [4.69, 9.17) is 4.42 Å². The number of rotatable bonds is 1. The molecule has 0 spiro atoms. The quantitative estimate of drug-likeness (QED) is 0.786. The number of furan rings is 1. The molecule has 1 aromatic carbocycles. The van der Waals surface area contributed by atoms with E-state index in [1.165, 1.54) is 11.0 Å². The van der Waals surface area contributed by atoms with Gasteiger partial charge in [-0.25, -0.2) is 8.78 Å². The predicted molar refractivity (Wildman–Crippen MR) is 87.1 cm³/mol. The van der Waals surface area contributed by atoms with E-state index in [-0.39, 0.29) is 17.2 Å². The molecule has 2 aromatic rings. The molecule has 0 radical (unpaired) electrons. The SMILES string of the molecule is Cc1c(C(=O)N2CCCc3cc(F)cc(F)c32)oc2c1C(=O)CCC2. The Balaban J connectivity index is 1.78. The smallest absolute Gasteiger partial charge is 0.294 e. The van der Waals surface area contributed by atoms with E-state index in [0.29, 0.717) is 61.1 Å². The molecule has 0 atom stereocenters. The van der Waals surface area contributed by atoms with Crippen molar-refractivity contribution in [2.45, 2.75) is 39.0 Å². The Morgan fingerprint density at radius 2 is 1.96 bits per heavy atom. The number of carbonyl (C=O) groups is 2. The van der Waals surface area contributed by atoms with Crippen LogP contribution in [0, 0.1) is 18.6 Å². The lowest BCUT2D eigenvalue weighted by atomic mass is 9.93. The first-order chi connectivity index (χ1) is 12.0. The summed E-state index contributed by atoms with van der Waals surface area (Å²) in [5, 5.41) is 0. The van der Waals surface area contributed by atoms with E-state index in [2.05, 4.69) is 0 Å². The zero-order valence-corrected chi connectivity index (χ0v) is 13.8. The Bertz CT molecular complexity index is 901. The topological polar surface area (TPSA) is 50.5 Å². The summed E-state index contributed by atoms with van der Waals surface area (Å²) < 4.78 is 33.5. The second-order valence-electron chi connectivity index (χ2n) is 6.59. The highest BCUT2D eigenvalue weighted by molar-refractivity contribution is 6.09. The molecule has 25 heavy (non-hydrogen) atoms. The molecular weight excluding hydrogens is 328 g/mol. The van der Waals surface area contributed by atoms with Crippen LogP contribution in [0.25, 0.3) is 0 Å². The van der Waals surface area contributed by atoms with Crippen molar-refractivity contribution in [2.75, 3.05) is 11.4 Å². The number of ketones is 1. The summed E-state index contributed by atoms with van der Waals surface area (Å²) in [4.78, 5) is 26.4. The van der Waals surface area contributed by atoms with Crippen LogP contribution in [0.4, 0.5) is 14.5 Å². The molecule has 130 valence electrons. The summed E-state index contributed by atoms with van der Waals surface area (Å²) >= 11 is 0. The van der Waals surface area contributed by atoms with Crippen molar-refractivity contribution in [3.05, 3.63) is 52.0 Å². The zero-order valence-electron chi connectivity index (χ0n) is 13.8. The zero-order chi connectivity index (χ0) is 17.7. The Morgan fingerprint density at radius 1 is 1.16 bits per heavy atom. The van der Waals surface area contributed by atoms with Crippen molar-refractivity contribution < 1.29 is 22.8 Å². The second-order valence-corrected chi connectivity index (χ2v) is 6.59. The lowest BCUT2D eigenvalue weighted by Crippen LogP contribution is -2.36. The highest BCUT2D eigenvalue weighted by Crippen LogP contribution is 2.35. The van der Waals surface area contributed by atoms with E-state index >= 15 is 0 Å². The minimum atomic E-state index is -0.756. The van der Waals surface area contributed by atoms with Crippen molar-refractivity contribution in [2.24, 2.45) is 0 Å². The number of carbonyl (C=O) groups excluding carboxylic acids is 2. The summed E-state index contributed by atoms with van der Waals surface area (Å²) in [6, 6.07) is 2.05. The van der Waals surface area contributed by atoms with Crippen LogP contribution in [-0.4, -0.2) is 18.2 Å². The lowest BCUT2D eigenvalue weighted by molar-refractivity contribution is 0.0947. The van der Waals surface area contributed by atoms with Crippen LogP contribution in [0.2, 0.25) is 0 Å². The lowest BCUT2D eigenvalue weighted by Gasteiger charge is -2.29. The molecule has 4 rings (SSSR count). The molecule has 2 aliphatic rings. The van der Waals surface area contributed by atoms with Gasteiger partial charge in [-0.1, -0.05) is 0 Å². The largest absolute Gasteiger partial charge is 0.455 e. The van der Waals surface area contributed by atoms with Gasteiger partial charge in [0, 0.05) is 31.0 Å². The van der Waals surface area contributed by atoms with Gasteiger partial charge in [-0.15, -0.1) is 0 Å². The summed E-state index contributed by atoms with van der Waals surface area (Å²) in [6.07, 6.45) is 2.89. The van der Waals surface area contributed by atoms with Gasteiger partial charge in [0.2, 0.25) is 0 Å². The maximum atomic E-state index is 14.3. The van der Waals surface area contributed by atoms with Crippen molar-refractivity contribution in [1.29, 1.82) is 0 Å². The Hall–Kier alpha value is -2.50. The number of hydrogen-bond donors (Lipinski definition) is 0. The van der Waals surface area contributed by atoms with Crippen molar-refractivity contribution >= 4 is 17.4 Å². The van der Waals surface area contributed by atoms with Crippen LogP contribution in [0.3, 0.4) is 0 Å². The predicted octanol–water partition coefficient (Wildman–Crippen LogP) is 3.98. The third kappa shape index (κ3) is 2.47. The number of amides is 1. The van der Waals surface area contributed by atoms with Gasteiger partial charge in [0.15, 0.2) is 11.5 Å². The number of aryl methyl sites for hydroxylation is 2. The number of Topliss-reactive ketones (excluding diaryl/α,β-unsaturated/α-hetero) is 1. The van der Waals surface area contributed by atoms with Gasteiger partial charge >= 0.3 is 0 Å². The second kappa shape index (κ2) is 5.79. The van der Waals surface area contributed by atoms with Gasteiger partial charge in [-0.05, 0) is 37.8 Å². The van der Waals surface area contributed by atoms with Crippen LogP contribution in [0.1, 0.15) is 57.1 Å². The van der Waals surface area contributed by atoms with Crippen LogP contribution in [0.15, 0.2) is 16.5 Å². The summed E-state index contributed by atoms with van der Waals surface area (Å²) in [7, 11) is 0. The summed E-state index contributed by atoms with van der Waals surface area (Å²) in [5.74, 6) is -1.29. The van der Waals surface area contributed by atoms with E-state index in [9.17, 15) is 18.4 Å². The van der Waals surface area contributed by atoms with Crippen LogP contribution < -0.4 is 4.90 Å². The number of nitrogens with zero attached hydrogens (tertiary/aromatic N) is 1. The fourth-order valence-electron chi connectivity index (χ4n) is 3.83. The third-order valence-electron chi connectivity index (χ3n) is 4.95. The molecule has 0 bridgehead atoms. The molecule has 0 saturated heterocycles. The molecule has 1 amide bonds. The fourth-order valence-corrected chi connectivity index (χ4v) is 3.83. The normalized spacial score (nSPS) is 16.6. The minimum Gasteiger partial charge on any atom is -0.455 e. The summed E-state index contributed by atoms with van der Waals surface area (Å²) in [6.45, 7) is 2.01. The summed E-state index contributed by atoms with van der Waals surface area (Å²) in [5.41, 5.74) is 1.59. The number of fused-ring (bicyclic) bond motifs is 2. The van der Waals surface area contributed by atoms with E-state index in [1.807, 2.05) is 0 Å². The molecule has 1 aliphatic heterocycles. The van der Waals surface area contributed by atoms with Gasteiger partial charge < -0.3 is 9.32 Å². The molecule has 0 N–H and O–H groups in total. The van der Waals surface area contributed by atoms with Crippen LogP contribution in [-0.2, 0) is 12.8 Å². The number of halogens is 2. The average Bonchev–Trinajstić information content (AvgIpc) is 2.91. The van der Waals surface area contributed by atoms with Gasteiger partial charge in [0.25, 0.3) is 5.91 Å². The first-order valence-electron chi connectivity index (χ1n) is 8.42. The van der Waals surface area contributed by atoms with Crippen molar-refractivity contribution in [1.82, 2.24) is 0 Å². The average molecular weight is 345 g/mol. The van der Waals surface area contributed by atoms with Crippen LogP contribution in [0.5, 0.6) is 0 Å². The van der Waals surface area contributed by atoms with Gasteiger partial charge in [0.1, 0.15) is 17.4 Å². The van der Waals surface area contributed by atoms with Crippen molar-refractivity contribution in [3.8, 4) is 0 Å². The first-order valence-corrected chi connectivity index (χ1v) is 8.42. The van der Waals surface area contributed by atoms with Gasteiger partial charge in [-0.3, -0.25) is 9.59 Å². The van der Waals surface area contributed by atoms with E-state index in [1.54, 1.807) is 6.92 Å². The van der Waals surface area contributed by atoms with E-state index in [0.717, 1.165) is 6.07 Å². The first kappa shape index (κ1) is 16.0. The maximum absolute atomic E-state index is 14.3. The Kier molecular flexibility index (Phi) is 3.71. The number of anilines is 1. The maximum Gasteiger partial charge on any atom is 0.294 e. The molecular formula is C19H17F2NO3. The molecule has 1 aliphatic carbocycles. The van der Waals surface area contributed by atoms with Gasteiger partial charge in [-0.2, -0.15) is 0 Å². The number of benzene rings is 1. The van der Waals surface area contributed by atoms with E-state index < -0.39 is 17.5 Å². The molecule has 0 saturated carbocycles. The van der Waals surface area contributed by atoms with Crippen LogP contribution >= 0.6 is 0 Å². The molecule has 1 aromatic heterocycles. The molecule has 4 nitrogen and oxygen atoms in total. The number of hydrogen-bond acceptors (Lipinski definition) is 3. The molecule has 2 heterocycles. The highest BCUT2D eigenvalue weighted by Gasteiger charge is 2.34. The molecule has 6 heteroatoms. The third-order valence-corrected chi connectivity index (χ3v) is 4.95. The molecule has 0 unspecified atom stereocenters. The highest BCUT2D eigenvalue weighted by atomic mass is 19.1. The monoisotopic (exact) mass is 345 g/mol. The van der Waals surface area contributed by atoms with Gasteiger partial charge in [0.05, 0.1) is 11.3 Å². The minimum absolute atomic E-state index is 0.0196. The molecule has 0 fully saturated rings. The Labute approximate surface area is 143 Å². The fraction of sp³-hybridized carbons (Fsp3) is 0.368. The Morgan fingerprint density at radius 3 is 2.72 bits per heavy atom. The standard InChI is InChI=1S/C19H17F2NO3/c1-10-16-14(23)5-2-6-15(16)25-18(10)19(24)22-7-3-4-11-8-12(20)9-13(21)17(11)22/h8-9H,2-7H2,1H3. The van der Waals surface area contributed by atoms with Crippen molar-refractivity contribution in [3.63, 3.8) is 0 Å².